The maximum Gasteiger partial charge on any atom is 0.188 e. The van der Waals surface area contributed by atoms with Crippen LogP contribution in [0.15, 0.2) is 35.5 Å². The quantitative estimate of drug-likeness (QED) is 0.329. The fourth-order valence-corrected chi connectivity index (χ4v) is 1.84. The second-order valence-electron chi connectivity index (χ2n) is 4.03. The highest BCUT2D eigenvalue weighted by molar-refractivity contribution is 5.96. The van der Waals surface area contributed by atoms with Gasteiger partial charge in [-0.15, -0.1) is 0 Å². The number of nitrogens with zero attached hydrogens (tertiary/aromatic N) is 3. The Morgan fingerprint density at radius 3 is 2.74 bits per heavy atom. The molecule has 98 valence electrons. The molecule has 0 atom stereocenters. The van der Waals surface area contributed by atoms with Crippen LogP contribution in [0.2, 0.25) is 0 Å². The van der Waals surface area contributed by atoms with Crippen LogP contribution < -0.4 is 11.5 Å². The summed E-state index contributed by atoms with van der Waals surface area (Å²) in [7, 11) is 0. The molecule has 0 saturated carbocycles. The third kappa shape index (κ3) is 2.69. The summed E-state index contributed by atoms with van der Waals surface area (Å²) in [4.78, 5) is 8.50. The smallest absolute Gasteiger partial charge is 0.188 e. The van der Waals surface area contributed by atoms with E-state index >= 15 is 0 Å². The second-order valence-corrected chi connectivity index (χ2v) is 4.03. The number of aromatic nitrogens is 2. The van der Waals surface area contributed by atoms with Gasteiger partial charge in [-0.3, -0.25) is 0 Å². The van der Waals surface area contributed by atoms with E-state index in [1.165, 1.54) is 0 Å². The van der Waals surface area contributed by atoms with Gasteiger partial charge >= 0.3 is 0 Å². The molecule has 6 nitrogen and oxygen atoms in total. The minimum Gasteiger partial charge on any atom is -0.409 e. The predicted molar refractivity (Wildman–Crippen MR) is 72.6 cm³/mol. The number of benzene rings is 1. The van der Waals surface area contributed by atoms with Crippen molar-refractivity contribution in [3.8, 4) is 11.3 Å². The maximum absolute atomic E-state index is 8.72. The molecule has 1 aromatic carbocycles. The average Bonchev–Trinajstić information content (AvgIpc) is 2.45. The van der Waals surface area contributed by atoms with Crippen molar-refractivity contribution in [1.29, 1.82) is 0 Å². The Labute approximate surface area is 110 Å². The Morgan fingerprint density at radius 1 is 1.32 bits per heavy atom. The summed E-state index contributed by atoms with van der Waals surface area (Å²) in [5.41, 5.74) is 14.3. The lowest BCUT2D eigenvalue weighted by Crippen LogP contribution is -2.16. The maximum atomic E-state index is 8.72. The molecule has 2 aromatic rings. The molecule has 0 amide bonds. The SMILES string of the molecule is Cc1nc(C(N)=NO)cc(-c2ccccc2CN)n1. The van der Waals surface area contributed by atoms with Gasteiger partial charge in [-0.25, -0.2) is 9.97 Å². The lowest BCUT2D eigenvalue weighted by Gasteiger charge is -2.09. The van der Waals surface area contributed by atoms with Crippen LogP contribution in [-0.2, 0) is 6.54 Å². The van der Waals surface area contributed by atoms with Crippen molar-refractivity contribution in [3.63, 3.8) is 0 Å². The van der Waals surface area contributed by atoms with Crippen molar-refractivity contribution in [2.45, 2.75) is 13.5 Å². The van der Waals surface area contributed by atoms with Gasteiger partial charge in [0, 0.05) is 12.1 Å². The molecular formula is C13H15N5O. The largest absolute Gasteiger partial charge is 0.409 e. The highest BCUT2D eigenvalue weighted by Gasteiger charge is 2.10. The van der Waals surface area contributed by atoms with Gasteiger partial charge in [0.25, 0.3) is 0 Å². The highest BCUT2D eigenvalue weighted by atomic mass is 16.4. The van der Waals surface area contributed by atoms with Crippen LogP contribution in [0.1, 0.15) is 17.1 Å². The molecule has 5 N–H and O–H groups in total. The zero-order valence-corrected chi connectivity index (χ0v) is 10.5. The molecule has 0 fully saturated rings. The monoisotopic (exact) mass is 257 g/mol. The lowest BCUT2D eigenvalue weighted by molar-refractivity contribution is 0.318. The Morgan fingerprint density at radius 2 is 2.05 bits per heavy atom. The van der Waals surface area contributed by atoms with Crippen molar-refractivity contribution < 1.29 is 5.21 Å². The molecule has 1 heterocycles. The molecule has 0 aliphatic rings. The minimum absolute atomic E-state index is 0.0445. The number of aryl methyl sites for hydroxylation is 1. The van der Waals surface area contributed by atoms with Crippen LogP contribution in [-0.4, -0.2) is 21.0 Å². The van der Waals surface area contributed by atoms with Gasteiger partial charge in [0.15, 0.2) is 5.84 Å². The molecule has 0 saturated heterocycles. The van der Waals surface area contributed by atoms with E-state index in [9.17, 15) is 0 Å². The standard InChI is InChI=1S/C13H15N5O/c1-8-16-11(6-12(17-8)13(15)18-19)10-5-3-2-4-9(10)7-14/h2-6,19H,7,14H2,1H3,(H2,15,18). The fourth-order valence-electron chi connectivity index (χ4n) is 1.84. The van der Waals surface area contributed by atoms with Crippen molar-refractivity contribution >= 4 is 5.84 Å². The van der Waals surface area contributed by atoms with Gasteiger partial charge in [-0.1, -0.05) is 29.4 Å². The van der Waals surface area contributed by atoms with Gasteiger partial charge < -0.3 is 16.7 Å². The topological polar surface area (TPSA) is 110 Å². The van der Waals surface area contributed by atoms with Crippen LogP contribution in [0.4, 0.5) is 0 Å². The molecule has 0 bridgehead atoms. The van der Waals surface area contributed by atoms with Crippen LogP contribution in [0.25, 0.3) is 11.3 Å². The molecule has 0 radical (unpaired) electrons. The van der Waals surface area contributed by atoms with Gasteiger partial charge in [0.1, 0.15) is 11.5 Å². The van der Waals surface area contributed by atoms with E-state index in [4.69, 9.17) is 16.7 Å². The van der Waals surface area contributed by atoms with E-state index in [0.29, 0.717) is 23.8 Å². The minimum atomic E-state index is -0.0445. The molecule has 19 heavy (non-hydrogen) atoms. The van der Waals surface area contributed by atoms with E-state index in [1.54, 1.807) is 13.0 Å². The Hall–Kier alpha value is -2.47. The summed E-state index contributed by atoms with van der Waals surface area (Å²) in [6, 6.07) is 9.38. The number of amidine groups is 1. The summed E-state index contributed by atoms with van der Waals surface area (Å²) in [5.74, 6) is 0.503. The first-order chi connectivity index (χ1) is 9.15. The van der Waals surface area contributed by atoms with Crippen molar-refractivity contribution in [2.24, 2.45) is 16.6 Å². The normalized spacial score (nSPS) is 11.6. The van der Waals surface area contributed by atoms with Gasteiger partial charge in [0.05, 0.1) is 5.69 Å². The van der Waals surface area contributed by atoms with Crippen LogP contribution in [0.3, 0.4) is 0 Å². The number of hydrogen-bond acceptors (Lipinski definition) is 5. The third-order valence-electron chi connectivity index (χ3n) is 2.72. The van der Waals surface area contributed by atoms with Gasteiger partial charge in [0.2, 0.25) is 0 Å². The van der Waals surface area contributed by atoms with Gasteiger partial charge in [-0.2, -0.15) is 0 Å². The summed E-state index contributed by atoms with van der Waals surface area (Å²) in [6.45, 7) is 2.17. The third-order valence-corrected chi connectivity index (χ3v) is 2.72. The zero-order valence-electron chi connectivity index (χ0n) is 10.5. The van der Waals surface area contributed by atoms with Crippen LogP contribution in [0, 0.1) is 6.92 Å². The van der Waals surface area contributed by atoms with E-state index < -0.39 is 0 Å². The fraction of sp³-hybridized carbons (Fsp3) is 0.154. The van der Waals surface area contributed by atoms with Crippen molar-refractivity contribution in [3.05, 3.63) is 47.4 Å². The number of hydrogen-bond donors (Lipinski definition) is 3. The zero-order chi connectivity index (χ0) is 13.8. The predicted octanol–water partition coefficient (Wildman–Crippen LogP) is 1.01. The molecule has 6 heteroatoms. The van der Waals surface area contributed by atoms with E-state index in [1.807, 2.05) is 24.3 Å². The summed E-state index contributed by atoms with van der Waals surface area (Å²) < 4.78 is 0. The first-order valence-electron chi connectivity index (χ1n) is 5.77. The molecule has 0 spiro atoms. The molecule has 1 aromatic heterocycles. The second kappa shape index (κ2) is 5.45. The van der Waals surface area contributed by atoms with Crippen LogP contribution >= 0.6 is 0 Å². The van der Waals surface area contributed by atoms with E-state index in [-0.39, 0.29) is 5.84 Å². The molecular weight excluding hydrogens is 242 g/mol. The average molecular weight is 257 g/mol. The van der Waals surface area contributed by atoms with Crippen LogP contribution in [0.5, 0.6) is 0 Å². The van der Waals surface area contributed by atoms with E-state index in [2.05, 4.69) is 15.1 Å². The van der Waals surface area contributed by atoms with Crippen molar-refractivity contribution in [1.82, 2.24) is 9.97 Å². The van der Waals surface area contributed by atoms with Gasteiger partial charge in [-0.05, 0) is 18.6 Å². The molecule has 2 rings (SSSR count). The Kier molecular flexibility index (Phi) is 3.72. The number of rotatable bonds is 3. The van der Waals surface area contributed by atoms with E-state index in [0.717, 1.165) is 11.1 Å². The molecule has 0 aliphatic heterocycles. The Balaban J connectivity index is 2.59. The number of nitrogens with two attached hydrogens (primary N) is 2. The summed E-state index contributed by atoms with van der Waals surface area (Å²) in [6.07, 6.45) is 0. The molecule has 0 aliphatic carbocycles. The summed E-state index contributed by atoms with van der Waals surface area (Å²) >= 11 is 0. The number of oxime groups is 1. The summed E-state index contributed by atoms with van der Waals surface area (Å²) in [5, 5.41) is 11.7. The first kappa shape index (κ1) is 13.0. The lowest BCUT2D eigenvalue weighted by atomic mass is 10.0. The molecule has 0 unspecified atom stereocenters. The first-order valence-corrected chi connectivity index (χ1v) is 5.77. The van der Waals surface area contributed by atoms with Crippen molar-refractivity contribution in [2.75, 3.05) is 0 Å². The Bertz CT molecular complexity index is 624. The highest BCUT2D eigenvalue weighted by Crippen LogP contribution is 2.22.